The van der Waals surface area contributed by atoms with Crippen LogP contribution in [0.4, 0.5) is 0 Å². The Morgan fingerprint density at radius 3 is 2.69 bits per heavy atom. The maximum absolute atomic E-state index is 11.9. The van der Waals surface area contributed by atoms with Gasteiger partial charge < -0.3 is 10.6 Å². The number of hydrogen-bond acceptors (Lipinski definition) is 2. The number of carbonyl (C=O) groups excluding carboxylic acids is 1. The van der Waals surface area contributed by atoms with Crippen LogP contribution in [0.2, 0.25) is 0 Å². The van der Waals surface area contributed by atoms with Gasteiger partial charge in [-0.1, -0.05) is 12.5 Å². The van der Waals surface area contributed by atoms with Gasteiger partial charge >= 0.3 is 0 Å². The van der Waals surface area contributed by atoms with Crippen LogP contribution in [0.15, 0.2) is 12.7 Å². The predicted octanol–water partition coefficient (Wildman–Crippen LogP) is 1.93. The Hall–Kier alpha value is -0.830. The Morgan fingerprint density at radius 2 is 2.25 bits per heavy atom. The van der Waals surface area contributed by atoms with Crippen LogP contribution in [0.5, 0.6) is 0 Å². The summed E-state index contributed by atoms with van der Waals surface area (Å²) in [5, 5.41) is 0. The zero-order chi connectivity index (χ0) is 12.0. The van der Waals surface area contributed by atoms with Crippen LogP contribution in [0.1, 0.15) is 38.5 Å². The molecule has 1 rings (SSSR count). The summed E-state index contributed by atoms with van der Waals surface area (Å²) in [6, 6.07) is 0. The molecule has 1 amide bonds. The molecule has 92 valence electrons. The van der Waals surface area contributed by atoms with Gasteiger partial charge in [-0.05, 0) is 37.6 Å². The fraction of sp³-hybridized carbons (Fsp3) is 0.769. The second-order valence-corrected chi connectivity index (χ2v) is 4.98. The minimum absolute atomic E-state index is 0.129. The highest BCUT2D eigenvalue weighted by molar-refractivity contribution is 5.76. The fourth-order valence-electron chi connectivity index (χ4n) is 2.18. The second kappa shape index (κ2) is 6.04. The molecule has 0 atom stereocenters. The minimum atomic E-state index is 0.129. The Bertz CT molecular complexity index is 241. The van der Waals surface area contributed by atoms with Crippen molar-refractivity contribution >= 4 is 5.91 Å². The normalized spacial score (nSPS) is 17.6. The van der Waals surface area contributed by atoms with Crippen molar-refractivity contribution in [1.82, 2.24) is 4.90 Å². The van der Waals surface area contributed by atoms with Crippen molar-refractivity contribution in [1.29, 1.82) is 0 Å². The third-order valence-electron chi connectivity index (χ3n) is 3.70. The molecule has 0 aromatic rings. The zero-order valence-electron chi connectivity index (χ0n) is 10.4. The topological polar surface area (TPSA) is 46.3 Å². The van der Waals surface area contributed by atoms with Crippen molar-refractivity contribution in [2.45, 2.75) is 38.5 Å². The molecule has 0 saturated heterocycles. The van der Waals surface area contributed by atoms with Gasteiger partial charge in [0.05, 0.1) is 0 Å². The van der Waals surface area contributed by atoms with Crippen molar-refractivity contribution in [3.8, 4) is 0 Å². The lowest BCUT2D eigenvalue weighted by Gasteiger charge is -2.41. The van der Waals surface area contributed by atoms with E-state index in [9.17, 15) is 4.79 Å². The molecule has 1 fully saturated rings. The van der Waals surface area contributed by atoms with Crippen molar-refractivity contribution in [2.24, 2.45) is 11.1 Å². The quantitative estimate of drug-likeness (QED) is 0.530. The molecular formula is C13H24N2O. The van der Waals surface area contributed by atoms with Crippen LogP contribution in [-0.4, -0.2) is 30.9 Å². The summed E-state index contributed by atoms with van der Waals surface area (Å²) in [6.45, 7) is 5.15. The molecule has 0 radical (unpaired) electrons. The van der Waals surface area contributed by atoms with Crippen LogP contribution in [0.25, 0.3) is 0 Å². The van der Waals surface area contributed by atoms with E-state index in [4.69, 9.17) is 5.73 Å². The highest BCUT2D eigenvalue weighted by Gasteiger charge is 2.38. The van der Waals surface area contributed by atoms with Gasteiger partial charge in [0.15, 0.2) is 0 Å². The molecule has 3 heteroatoms. The summed E-state index contributed by atoms with van der Waals surface area (Å²) < 4.78 is 0. The number of carbonyl (C=O) groups is 1. The van der Waals surface area contributed by atoms with Gasteiger partial charge in [0.25, 0.3) is 0 Å². The summed E-state index contributed by atoms with van der Waals surface area (Å²) in [4.78, 5) is 13.8. The average molecular weight is 224 g/mol. The first-order chi connectivity index (χ1) is 7.63. The molecule has 0 heterocycles. The van der Waals surface area contributed by atoms with Crippen molar-refractivity contribution < 1.29 is 4.79 Å². The molecule has 3 nitrogen and oxygen atoms in total. The molecular weight excluding hydrogens is 200 g/mol. The van der Waals surface area contributed by atoms with Crippen LogP contribution in [0.3, 0.4) is 0 Å². The maximum Gasteiger partial charge on any atom is 0.222 e. The van der Waals surface area contributed by atoms with Crippen LogP contribution < -0.4 is 5.73 Å². The van der Waals surface area contributed by atoms with Gasteiger partial charge in [0, 0.05) is 20.0 Å². The van der Waals surface area contributed by atoms with E-state index in [0.717, 1.165) is 32.2 Å². The maximum atomic E-state index is 11.9. The standard InChI is InChI=1S/C13H24N2O/c1-3-4-5-9-15(2)12(16)10-13(11-14)7-6-8-13/h3H,1,4-11,14H2,2H3. The van der Waals surface area contributed by atoms with Crippen molar-refractivity contribution in [3.63, 3.8) is 0 Å². The first kappa shape index (κ1) is 13.2. The van der Waals surface area contributed by atoms with E-state index in [-0.39, 0.29) is 11.3 Å². The van der Waals surface area contributed by atoms with E-state index in [0.29, 0.717) is 13.0 Å². The molecule has 0 aromatic carbocycles. The third kappa shape index (κ3) is 3.34. The number of allylic oxidation sites excluding steroid dienone is 1. The third-order valence-corrected chi connectivity index (χ3v) is 3.70. The predicted molar refractivity (Wildman–Crippen MR) is 67.0 cm³/mol. The minimum Gasteiger partial charge on any atom is -0.346 e. The Balaban J connectivity index is 2.30. The molecule has 1 saturated carbocycles. The number of amides is 1. The van der Waals surface area contributed by atoms with Crippen LogP contribution >= 0.6 is 0 Å². The highest BCUT2D eigenvalue weighted by Crippen LogP contribution is 2.43. The van der Waals surface area contributed by atoms with Gasteiger partial charge in [0.2, 0.25) is 5.91 Å². The van der Waals surface area contributed by atoms with E-state index in [1.165, 1.54) is 6.42 Å². The Labute approximate surface area is 98.7 Å². The monoisotopic (exact) mass is 224 g/mol. The molecule has 16 heavy (non-hydrogen) atoms. The Kier molecular flexibility index (Phi) is 5.00. The van der Waals surface area contributed by atoms with Gasteiger partial charge in [-0.2, -0.15) is 0 Å². The number of unbranched alkanes of at least 4 members (excludes halogenated alkanes) is 1. The Morgan fingerprint density at radius 1 is 1.56 bits per heavy atom. The van der Waals surface area contributed by atoms with Crippen molar-refractivity contribution in [3.05, 3.63) is 12.7 Å². The first-order valence-corrected chi connectivity index (χ1v) is 6.18. The van der Waals surface area contributed by atoms with E-state index < -0.39 is 0 Å². The smallest absolute Gasteiger partial charge is 0.222 e. The van der Waals surface area contributed by atoms with Crippen LogP contribution in [-0.2, 0) is 4.79 Å². The van der Waals surface area contributed by atoms with Gasteiger partial charge in [-0.3, -0.25) is 4.79 Å². The number of nitrogens with two attached hydrogens (primary N) is 1. The molecule has 1 aliphatic carbocycles. The molecule has 0 bridgehead atoms. The second-order valence-electron chi connectivity index (χ2n) is 4.98. The molecule has 1 aliphatic rings. The zero-order valence-corrected chi connectivity index (χ0v) is 10.4. The van der Waals surface area contributed by atoms with Crippen molar-refractivity contribution in [2.75, 3.05) is 20.1 Å². The summed E-state index contributed by atoms with van der Waals surface area (Å²) in [7, 11) is 1.88. The van der Waals surface area contributed by atoms with E-state index in [1.807, 2.05) is 18.0 Å². The number of hydrogen-bond donors (Lipinski definition) is 1. The summed E-state index contributed by atoms with van der Waals surface area (Å²) >= 11 is 0. The average Bonchev–Trinajstić information content (AvgIpc) is 2.23. The molecule has 0 aromatic heterocycles. The summed E-state index contributed by atoms with van der Waals surface area (Å²) in [5.74, 6) is 0.245. The molecule has 0 spiro atoms. The van der Waals surface area contributed by atoms with E-state index in [1.54, 1.807) is 0 Å². The van der Waals surface area contributed by atoms with Gasteiger partial charge in [0.1, 0.15) is 0 Å². The van der Waals surface area contributed by atoms with Gasteiger partial charge in [-0.25, -0.2) is 0 Å². The van der Waals surface area contributed by atoms with E-state index >= 15 is 0 Å². The lowest BCUT2D eigenvalue weighted by molar-refractivity contribution is -0.133. The van der Waals surface area contributed by atoms with E-state index in [2.05, 4.69) is 6.58 Å². The molecule has 2 N–H and O–H groups in total. The SMILES string of the molecule is C=CCCCN(C)C(=O)CC1(CN)CCC1. The highest BCUT2D eigenvalue weighted by atomic mass is 16.2. The number of rotatable bonds is 7. The molecule has 0 aliphatic heterocycles. The van der Waals surface area contributed by atoms with Gasteiger partial charge in [-0.15, -0.1) is 6.58 Å². The van der Waals surface area contributed by atoms with Crippen LogP contribution in [0, 0.1) is 5.41 Å². The lowest BCUT2D eigenvalue weighted by Crippen LogP contribution is -2.42. The number of nitrogens with zero attached hydrogens (tertiary/aromatic N) is 1. The summed E-state index contributed by atoms with van der Waals surface area (Å²) in [6.07, 6.45) is 7.97. The summed E-state index contributed by atoms with van der Waals surface area (Å²) in [5.41, 5.74) is 5.88. The largest absolute Gasteiger partial charge is 0.346 e. The fourth-order valence-corrected chi connectivity index (χ4v) is 2.18. The first-order valence-electron chi connectivity index (χ1n) is 6.18. The lowest BCUT2D eigenvalue weighted by atomic mass is 9.66. The molecule has 0 unspecified atom stereocenters.